The molecule has 1 aliphatic heterocycles. The Hall–Kier alpha value is -0.540. The molecular weight excluding hydrogens is 264 g/mol. The molecule has 0 aromatic heterocycles. The smallest absolute Gasteiger partial charge is 0.0351 e. The van der Waals surface area contributed by atoms with E-state index in [1.807, 2.05) is 0 Å². The van der Waals surface area contributed by atoms with Crippen molar-refractivity contribution in [1.29, 1.82) is 0 Å². The van der Waals surface area contributed by atoms with Crippen LogP contribution in [0, 0.1) is 12.8 Å². The summed E-state index contributed by atoms with van der Waals surface area (Å²) < 4.78 is 1.18. The molecule has 0 radical (unpaired) electrons. The van der Waals surface area contributed by atoms with Crippen molar-refractivity contribution < 1.29 is 0 Å². The van der Waals surface area contributed by atoms with Gasteiger partial charge in [-0.2, -0.15) is 0 Å². The molecule has 2 rings (SSSR count). The molecule has 16 heavy (non-hydrogen) atoms. The zero-order chi connectivity index (χ0) is 11.4. The monoisotopic (exact) mass is 282 g/mol. The van der Waals surface area contributed by atoms with Crippen LogP contribution in [0.4, 0.5) is 5.69 Å². The third-order valence-corrected chi connectivity index (χ3v) is 4.08. The second-order valence-electron chi connectivity index (χ2n) is 4.54. The summed E-state index contributed by atoms with van der Waals surface area (Å²) in [5, 5.41) is 6.92. The quantitative estimate of drug-likeness (QED) is 0.890. The maximum absolute atomic E-state index is 3.56. The average molecular weight is 283 g/mol. The highest BCUT2D eigenvalue weighted by Gasteiger charge is 2.12. The fourth-order valence-electron chi connectivity index (χ4n) is 2.05. The maximum atomic E-state index is 3.56. The molecule has 1 saturated heterocycles. The summed E-state index contributed by atoms with van der Waals surface area (Å²) in [5.41, 5.74) is 2.50. The van der Waals surface area contributed by atoms with Crippen molar-refractivity contribution >= 4 is 21.6 Å². The number of benzene rings is 1. The molecule has 0 unspecified atom stereocenters. The van der Waals surface area contributed by atoms with Gasteiger partial charge in [0.25, 0.3) is 0 Å². The second kappa shape index (κ2) is 5.69. The lowest BCUT2D eigenvalue weighted by molar-refractivity contribution is 0.390. The molecule has 0 bridgehead atoms. The summed E-state index contributed by atoms with van der Waals surface area (Å²) in [7, 11) is 0. The normalized spacial score (nSPS) is 17.4. The van der Waals surface area contributed by atoms with E-state index < -0.39 is 0 Å². The van der Waals surface area contributed by atoms with Crippen LogP contribution < -0.4 is 10.6 Å². The molecule has 0 atom stereocenters. The van der Waals surface area contributed by atoms with Crippen molar-refractivity contribution in [1.82, 2.24) is 5.32 Å². The fourth-order valence-corrected chi connectivity index (χ4v) is 2.43. The average Bonchev–Trinajstić information content (AvgIpc) is 2.32. The number of anilines is 1. The maximum Gasteiger partial charge on any atom is 0.0351 e. The third kappa shape index (κ3) is 3.22. The molecule has 1 aromatic carbocycles. The van der Waals surface area contributed by atoms with Crippen molar-refractivity contribution in [3.05, 3.63) is 28.2 Å². The van der Waals surface area contributed by atoms with E-state index >= 15 is 0 Å². The molecule has 0 spiro atoms. The van der Waals surface area contributed by atoms with E-state index in [0.29, 0.717) is 0 Å². The Labute approximate surface area is 106 Å². The molecule has 88 valence electrons. The van der Waals surface area contributed by atoms with E-state index in [2.05, 4.69) is 51.7 Å². The van der Waals surface area contributed by atoms with Crippen molar-refractivity contribution in [2.24, 2.45) is 5.92 Å². The third-order valence-electron chi connectivity index (χ3n) is 3.23. The Kier molecular flexibility index (Phi) is 4.24. The molecule has 1 aliphatic rings. The van der Waals surface area contributed by atoms with Gasteiger partial charge in [0.05, 0.1) is 0 Å². The summed E-state index contributed by atoms with van der Waals surface area (Å²) >= 11 is 3.56. The zero-order valence-corrected chi connectivity index (χ0v) is 11.3. The highest BCUT2D eigenvalue weighted by Crippen LogP contribution is 2.21. The van der Waals surface area contributed by atoms with Gasteiger partial charge in [-0.1, -0.05) is 22.0 Å². The topological polar surface area (TPSA) is 24.1 Å². The molecular formula is C13H19BrN2. The van der Waals surface area contributed by atoms with Crippen LogP contribution in [0.1, 0.15) is 18.4 Å². The van der Waals surface area contributed by atoms with Crippen LogP contribution in [0.15, 0.2) is 22.7 Å². The standard InChI is InChI=1S/C13H19BrN2/c1-10-2-3-12(8-13(10)14)16-9-11-4-6-15-7-5-11/h2-3,8,11,15-16H,4-7,9H2,1H3. The molecule has 1 aromatic rings. The molecule has 0 aliphatic carbocycles. The van der Waals surface area contributed by atoms with E-state index in [4.69, 9.17) is 0 Å². The summed E-state index contributed by atoms with van der Waals surface area (Å²) in [6, 6.07) is 6.46. The van der Waals surface area contributed by atoms with Gasteiger partial charge in [-0.15, -0.1) is 0 Å². The Morgan fingerprint density at radius 3 is 2.81 bits per heavy atom. The minimum Gasteiger partial charge on any atom is -0.385 e. The number of halogens is 1. The second-order valence-corrected chi connectivity index (χ2v) is 5.39. The molecule has 1 heterocycles. The van der Waals surface area contributed by atoms with Gasteiger partial charge >= 0.3 is 0 Å². The van der Waals surface area contributed by atoms with Crippen LogP contribution in [0.5, 0.6) is 0 Å². The van der Waals surface area contributed by atoms with Crippen LogP contribution in [0.25, 0.3) is 0 Å². The molecule has 3 heteroatoms. The van der Waals surface area contributed by atoms with Crippen LogP contribution in [0.3, 0.4) is 0 Å². The zero-order valence-electron chi connectivity index (χ0n) is 9.72. The lowest BCUT2D eigenvalue weighted by Crippen LogP contribution is -2.31. The summed E-state index contributed by atoms with van der Waals surface area (Å²) in [6.45, 7) is 5.55. The van der Waals surface area contributed by atoms with Crippen LogP contribution in [0.2, 0.25) is 0 Å². The van der Waals surface area contributed by atoms with Gasteiger partial charge in [-0.3, -0.25) is 0 Å². The Balaban J connectivity index is 1.86. The van der Waals surface area contributed by atoms with E-state index in [0.717, 1.165) is 12.5 Å². The fraction of sp³-hybridized carbons (Fsp3) is 0.538. The van der Waals surface area contributed by atoms with Gasteiger partial charge in [-0.25, -0.2) is 0 Å². The van der Waals surface area contributed by atoms with E-state index in [1.54, 1.807) is 0 Å². The molecule has 2 nitrogen and oxygen atoms in total. The first-order valence-electron chi connectivity index (χ1n) is 5.96. The van der Waals surface area contributed by atoms with Crippen LogP contribution in [-0.2, 0) is 0 Å². The first kappa shape index (κ1) is 11.9. The molecule has 2 N–H and O–H groups in total. The van der Waals surface area contributed by atoms with Crippen molar-refractivity contribution in [3.63, 3.8) is 0 Å². The first-order chi connectivity index (χ1) is 7.75. The predicted octanol–water partition coefficient (Wildman–Crippen LogP) is 3.17. The SMILES string of the molecule is Cc1ccc(NCC2CCNCC2)cc1Br. The Bertz CT molecular complexity index is 346. The summed E-state index contributed by atoms with van der Waals surface area (Å²) in [6.07, 6.45) is 2.58. The van der Waals surface area contributed by atoms with Crippen molar-refractivity contribution in [3.8, 4) is 0 Å². The van der Waals surface area contributed by atoms with Crippen molar-refractivity contribution in [2.45, 2.75) is 19.8 Å². The molecule has 1 fully saturated rings. The van der Waals surface area contributed by atoms with Gasteiger partial charge in [0.15, 0.2) is 0 Å². The number of hydrogen-bond acceptors (Lipinski definition) is 2. The number of piperidine rings is 1. The first-order valence-corrected chi connectivity index (χ1v) is 6.76. The summed E-state index contributed by atoms with van der Waals surface area (Å²) in [4.78, 5) is 0. The van der Waals surface area contributed by atoms with Crippen molar-refractivity contribution in [2.75, 3.05) is 25.0 Å². The highest BCUT2D eigenvalue weighted by atomic mass is 79.9. The van der Waals surface area contributed by atoms with Gasteiger partial charge in [0.2, 0.25) is 0 Å². The molecule has 0 amide bonds. The number of rotatable bonds is 3. The molecule has 0 saturated carbocycles. The van der Waals surface area contributed by atoms with E-state index in [1.165, 1.54) is 41.7 Å². The van der Waals surface area contributed by atoms with Gasteiger partial charge in [-0.05, 0) is 56.5 Å². The Morgan fingerprint density at radius 1 is 1.38 bits per heavy atom. The van der Waals surface area contributed by atoms with Crippen LogP contribution in [-0.4, -0.2) is 19.6 Å². The minimum atomic E-state index is 0.821. The van der Waals surface area contributed by atoms with Gasteiger partial charge < -0.3 is 10.6 Å². The van der Waals surface area contributed by atoms with Gasteiger partial charge in [0.1, 0.15) is 0 Å². The lowest BCUT2D eigenvalue weighted by Gasteiger charge is -2.23. The minimum absolute atomic E-state index is 0.821. The van der Waals surface area contributed by atoms with E-state index in [-0.39, 0.29) is 0 Å². The van der Waals surface area contributed by atoms with Crippen LogP contribution >= 0.6 is 15.9 Å². The number of nitrogens with one attached hydrogen (secondary N) is 2. The summed E-state index contributed by atoms with van der Waals surface area (Å²) in [5.74, 6) is 0.821. The number of hydrogen-bond donors (Lipinski definition) is 2. The predicted molar refractivity (Wildman–Crippen MR) is 73.0 cm³/mol. The highest BCUT2D eigenvalue weighted by molar-refractivity contribution is 9.10. The van der Waals surface area contributed by atoms with E-state index in [9.17, 15) is 0 Å². The Morgan fingerprint density at radius 2 is 2.12 bits per heavy atom. The lowest BCUT2D eigenvalue weighted by atomic mass is 9.98. The largest absolute Gasteiger partial charge is 0.385 e. The van der Waals surface area contributed by atoms with Gasteiger partial charge in [0, 0.05) is 16.7 Å². The number of aryl methyl sites for hydroxylation is 1.